The van der Waals surface area contributed by atoms with Crippen LogP contribution in [0, 0.1) is 0 Å². The second kappa shape index (κ2) is 8.63. The first-order valence-electron chi connectivity index (χ1n) is 9.08. The molecule has 136 valence electrons. The van der Waals surface area contributed by atoms with Gasteiger partial charge < -0.3 is 14.7 Å². The van der Waals surface area contributed by atoms with Crippen molar-refractivity contribution in [2.45, 2.75) is 32.9 Å². The zero-order chi connectivity index (χ0) is 18.4. The number of rotatable bonds is 8. The van der Waals surface area contributed by atoms with Crippen molar-refractivity contribution in [1.29, 1.82) is 0 Å². The van der Waals surface area contributed by atoms with Gasteiger partial charge in [-0.1, -0.05) is 35.5 Å². The van der Waals surface area contributed by atoms with Gasteiger partial charge in [-0.25, -0.2) is 0 Å². The van der Waals surface area contributed by atoms with E-state index in [1.807, 2.05) is 25.2 Å². The molecule has 2 aromatic carbocycles. The van der Waals surface area contributed by atoms with Crippen molar-refractivity contribution >= 4 is 5.69 Å². The molecule has 0 aliphatic heterocycles. The zero-order valence-corrected chi connectivity index (χ0v) is 15.6. The minimum atomic E-state index is 0.318. The van der Waals surface area contributed by atoms with Crippen LogP contribution in [0.3, 0.4) is 0 Å². The first-order valence-corrected chi connectivity index (χ1v) is 9.08. The molecule has 3 rings (SSSR count). The molecule has 0 bridgehead atoms. The van der Waals surface area contributed by atoms with Gasteiger partial charge in [0.25, 0.3) is 5.89 Å². The molecule has 1 N–H and O–H groups in total. The van der Waals surface area contributed by atoms with Crippen LogP contribution >= 0.6 is 0 Å². The number of nitrogens with one attached hydrogen (secondary N) is 1. The van der Waals surface area contributed by atoms with E-state index >= 15 is 0 Å². The summed E-state index contributed by atoms with van der Waals surface area (Å²) in [4.78, 5) is 6.84. The Kier molecular flexibility index (Phi) is 6.02. The molecule has 3 aromatic rings. The van der Waals surface area contributed by atoms with E-state index < -0.39 is 0 Å². The third-order valence-corrected chi connectivity index (χ3v) is 4.53. The summed E-state index contributed by atoms with van der Waals surface area (Å²) in [6.07, 6.45) is 0.749. The lowest BCUT2D eigenvalue weighted by molar-refractivity contribution is 0.418. The fraction of sp³-hybridized carbons (Fsp3) is 0.333. The summed E-state index contributed by atoms with van der Waals surface area (Å²) in [6.45, 7) is 6.10. The molecule has 5 heteroatoms. The molecular weight excluding hydrogens is 324 g/mol. The maximum Gasteiger partial charge on any atom is 0.257 e. The van der Waals surface area contributed by atoms with Gasteiger partial charge in [0.15, 0.2) is 5.82 Å². The Balaban J connectivity index is 1.71. The van der Waals surface area contributed by atoms with Gasteiger partial charge in [-0.2, -0.15) is 4.98 Å². The topological polar surface area (TPSA) is 54.2 Å². The first-order chi connectivity index (χ1) is 12.7. The Hall–Kier alpha value is -2.66. The van der Waals surface area contributed by atoms with Crippen LogP contribution in [-0.4, -0.2) is 29.8 Å². The molecule has 0 amide bonds. The van der Waals surface area contributed by atoms with Crippen LogP contribution in [0.25, 0.3) is 11.5 Å². The Labute approximate surface area is 155 Å². The van der Waals surface area contributed by atoms with Gasteiger partial charge in [-0.3, -0.25) is 0 Å². The highest BCUT2D eigenvalue weighted by atomic mass is 16.5. The van der Waals surface area contributed by atoms with Crippen LogP contribution in [0.4, 0.5) is 5.69 Å². The minimum absolute atomic E-state index is 0.318. The van der Waals surface area contributed by atoms with Gasteiger partial charge in [0.05, 0.1) is 0 Å². The van der Waals surface area contributed by atoms with Crippen molar-refractivity contribution in [2.75, 3.05) is 18.5 Å². The highest BCUT2D eigenvalue weighted by Crippen LogP contribution is 2.23. The normalized spacial score (nSPS) is 12.1. The Morgan fingerprint density at radius 3 is 2.46 bits per heavy atom. The quantitative estimate of drug-likeness (QED) is 0.667. The van der Waals surface area contributed by atoms with Crippen molar-refractivity contribution < 1.29 is 4.52 Å². The standard InChI is InChI=1S/C21H26N4O/c1-4-25(15-17-8-6-5-7-9-17)19-12-10-18(11-13-19)21-23-20(24-26-21)14-16(2)22-3/h5-13,16,22H,4,14-15H2,1-3H3. The van der Waals surface area contributed by atoms with Crippen LogP contribution in [0.1, 0.15) is 25.2 Å². The van der Waals surface area contributed by atoms with Crippen molar-refractivity contribution in [3.05, 3.63) is 66.0 Å². The largest absolute Gasteiger partial charge is 0.367 e. The third kappa shape index (κ3) is 4.49. The van der Waals surface area contributed by atoms with E-state index in [-0.39, 0.29) is 0 Å². The summed E-state index contributed by atoms with van der Waals surface area (Å²) in [5, 5.41) is 7.26. The summed E-state index contributed by atoms with van der Waals surface area (Å²) in [7, 11) is 1.93. The highest BCUT2D eigenvalue weighted by Gasteiger charge is 2.12. The maximum atomic E-state index is 5.42. The van der Waals surface area contributed by atoms with E-state index in [2.05, 4.69) is 70.6 Å². The molecule has 0 aliphatic rings. The summed E-state index contributed by atoms with van der Waals surface area (Å²) in [5.74, 6) is 1.30. The summed E-state index contributed by atoms with van der Waals surface area (Å²) >= 11 is 0. The van der Waals surface area contributed by atoms with Crippen molar-refractivity contribution in [2.24, 2.45) is 0 Å². The van der Waals surface area contributed by atoms with Crippen LogP contribution in [0.5, 0.6) is 0 Å². The second-order valence-corrected chi connectivity index (χ2v) is 6.46. The molecule has 1 unspecified atom stereocenters. The smallest absolute Gasteiger partial charge is 0.257 e. The van der Waals surface area contributed by atoms with Gasteiger partial charge >= 0.3 is 0 Å². The summed E-state index contributed by atoms with van der Waals surface area (Å²) in [5.41, 5.74) is 3.43. The molecule has 26 heavy (non-hydrogen) atoms. The van der Waals surface area contributed by atoms with E-state index in [0.29, 0.717) is 11.9 Å². The third-order valence-electron chi connectivity index (χ3n) is 4.53. The second-order valence-electron chi connectivity index (χ2n) is 6.46. The monoisotopic (exact) mass is 350 g/mol. The molecule has 0 saturated heterocycles. The van der Waals surface area contributed by atoms with Crippen molar-refractivity contribution in [1.82, 2.24) is 15.5 Å². The molecule has 0 radical (unpaired) electrons. The molecule has 0 aliphatic carbocycles. The average molecular weight is 350 g/mol. The number of benzene rings is 2. The molecule has 1 atom stereocenters. The Morgan fingerprint density at radius 2 is 1.81 bits per heavy atom. The molecule has 0 saturated carbocycles. The van der Waals surface area contributed by atoms with Crippen molar-refractivity contribution in [3.63, 3.8) is 0 Å². The van der Waals surface area contributed by atoms with E-state index in [9.17, 15) is 0 Å². The summed E-state index contributed by atoms with van der Waals surface area (Å²) in [6, 6.07) is 19.1. The fourth-order valence-corrected chi connectivity index (χ4v) is 2.83. The van der Waals surface area contributed by atoms with Gasteiger partial charge in [-0.15, -0.1) is 0 Å². The maximum absolute atomic E-state index is 5.42. The fourth-order valence-electron chi connectivity index (χ4n) is 2.83. The molecule has 0 fully saturated rings. The van der Waals surface area contributed by atoms with Gasteiger partial charge in [0.1, 0.15) is 0 Å². The Bertz CT molecular complexity index is 798. The van der Waals surface area contributed by atoms with E-state index in [1.54, 1.807) is 0 Å². The molecular formula is C21H26N4O. The SMILES string of the molecule is CCN(Cc1ccccc1)c1ccc(-c2nc(CC(C)NC)no2)cc1. The van der Waals surface area contributed by atoms with Crippen LogP contribution in [-0.2, 0) is 13.0 Å². The predicted molar refractivity (Wildman–Crippen MR) is 105 cm³/mol. The van der Waals surface area contributed by atoms with Gasteiger partial charge in [0, 0.05) is 36.8 Å². The molecule has 1 aromatic heterocycles. The lowest BCUT2D eigenvalue weighted by atomic mass is 10.1. The first kappa shape index (κ1) is 18.1. The number of hydrogen-bond donors (Lipinski definition) is 1. The number of aromatic nitrogens is 2. The Morgan fingerprint density at radius 1 is 1.08 bits per heavy atom. The zero-order valence-electron chi connectivity index (χ0n) is 15.6. The number of hydrogen-bond acceptors (Lipinski definition) is 5. The lowest BCUT2D eigenvalue weighted by Crippen LogP contribution is -2.24. The minimum Gasteiger partial charge on any atom is -0.367 e. The molecule has 5 nitrogen and oxygen atoms in total. The van der Waals surface area contributed by atoms with Gasteiger partial charge in [0.2, 0.25) is 0 Å². The molecule has 1 heterocycles. The van der Waals surface area contributed by atoms with Crippen molar-refractivity contribution in [3.8, 4) is 11.5 Å². The van der Waals surface area contributed by atoms with Crippen LogP contribution < -0.4 is 10.2 Å². The van der Waals surface area contributed by atoms with E-state index in [4.69, 9.17) is 4.52 Å². The van der Waals surface area contributed by atoms with Gasteiger partial charge in [-0.05, 0) is 50.7 Å². The van der Waals surface area contributed by atoms with E-state index in [1.165, 1.54) is 11.3 Å². The number of likely N-dealkylation sites (N-methyl/N-ethyl adjacent to an activating group) is 1. The lowest BCUT2D eigenvalue weighted by Gasteiger charge is -2.23. The number of anilines is 1. The highest BCUT2D eigenvalue weighted by molar-refractivity contribution is 5.59. The van der Waals surface area contributed by atoms with Crippen LogP contribution in [0.15, 0.2) is 59.1 Å². The van der Waals surface area contributed by atoms with Crippen LogP contribution in [0.2, 0.25) is 0 Å². The number of nitrogens with zero attached hydrogens (tertiary/aromatic N) is 3. The predicted octanol–water partition coefficient (Wildman–Crippen LogP) is 3.91. The molecule has 0 spiro atoms. The summed E-state index contributed by atoms with van der Waals surface area (Å²) < 4.78 is 5.42. The average Bonchev–Trinajstić information content (AvgIpc) is 3.15. The van der Waals surface area contributed by atoms with E-state index in [0.717, 1.165) is 30.9 Å².